The zero-order chi connectivity index (χ0) is 12.6. The third kappa shape index (κ3) is 1.78. The molecule has 0 atom stereocenters. The molecule has 0 aromatic carbocycles. The molecule has 0 saturated heterocycles. The molecular weight excluding hydrogens is 224 g/mol. The number of aromatic nitrogens is 4. The van der Waals surface area contributed by atoms with Gasteiger partial charge in [-0.1, -0.05) is 0 Å². The van der Waals surface area contributed by atoms with Crippen molar-refractivity contribution in [1.82, 2.24) is 19.1 Å². The number of nitrogens with zero attached hydrogens (tertiary/aromatic N) is 3. The average molecular weight is 238 g/mol. The molecule has 2 aromatic heterocycles. The highest BCUT2D eigenvalue weighted by Gasteiger charge is 2.12. The summed E-state index contributed by atoms with van der Waals surface area (Å²) < 4.78 is 7.58. The van der Waals surface area contributed by atoms with E-state index in [9.17, 15) is 9.59 Å². The SMILES string of the molecule is CCOCc1nc2c([nH]1)c(=O)n(C)c(=O)n2C. The summed E-state index contributed by atoms with van der Waals surface area (Å²) in [5, 5.41) is 0. The smallest absolute Gasteiger partial charge is 0.332 e. The number of aryl methyl sites for hydroxylation is 1. The largest absolute Gasteiger partial charge is 0.374 e. The lowest BCUT2D eigenvalue weighted by Crippen LogP contribution is -2.36. The van der Waals surface area contributed by atoms with Gasteiger partial charge in [0.25, 0.3) is 5.56 Å². The van der Waals surface area contributed by atoms with Gasteiger partial charge in [-0.2, -0.15) is 0 Å². The first-order valence-electron chi connectivity index (χ1n) is 5.28. The third-order valence-corrected chi connectivity index (χ3v) is 2.59. The number of nitrogens with one attached hydrogen (secondary N) is 1. The van der Waals surface area contributed by atoms with Crippen LogP contribution in [0.25, 0.3) is 11.2 Å². The van der Waals surface area contributed by atoms with E-state index in [1.165, 1.54) is 11.6 Å². The molecule has 0 radical (unpaired) electrons. The molecule has 92 valence electrons. The lowest BCUT2D eigenvalue weighted by molar-refractivity contribution is 0.129. The Morgan fingerprint density at radius 3 is 2.65 bits per heavy atom. The van der Waals surface area contributed by atoms with Gasteiger partial charge in [-0.15, -0.1) is 0 Å². The Bertz CT molecular complexity index is 664. The molecule has 0 spiro atoms. The second-order valence-corrected chi connectivity index (χ2v) is 3.73. The molecule has 7 heteroatoms. The van der Waals surface area contributed by atoms with E-state index in [-0.39, 0.29) is 5.56 Å². The summed E-state index contributed by atoms with van der Waals surface area (Å²) in [7, 11) is 3.02. The maximum absolute atomic E-state index is 11.8. The lowest BCUT2D eigenvalue weighted by atomic mass is 10.5. The minimum atomic E-state index is -0.392. The molecule has 0 aliphatic rings. The topological polar surface area (TPSA) is 81.9 Å². The first-order valence-corrected chi connectivity index (χ1v) is 5.28. The van der Waals surface area contributed by atoms with E-state index >= 15 is 0 Å². The third-order valence-electron chi connectivity index (χ3n) is 2.59. The fourth-order valence-corrected chi connectivity index (χ4v) is 1.64. The van der Waals surface area contributed by atoms with E-state index in [1.54, 1.807) is 7.05 Å². The summed E-state index contributed by atoms with van der Waals surface area (Å²) in [6.07, 6.45) is 0. The van der Waals surface area contributed by atoms with Crippen molar-refractivity contribution in [2.45, 2.75) is 13.5 Å². The van der Waals surface area contributed by atoms with Crippen LogP contribution in [0.1, 0.15) is 12.7 Å². The molecule has 2 rings (SSSR count). The summed E-state index contributed by atoms with van der Waals surface area (Å²) >= 11 is 0. The molecule has 17 heavy (non-hydrogen) atoms. The minimum Gasteiger partial charge on any atom is -0.374 e. The fraction of sp³-hybridized carbons (Fsp3) is 0.500. The predicted octanol–water partition coefficient (Wildman–Crippen LogP) is -0.503. The molecule has 1 N–H and O–H groups in total. The van der Waals surface area contributed by atoms with Gasteiger partial charge < -0.3 is 9.72 Å². The molecule has 0 bridgehead atoms. The lowest BCUT2D eigenvalue weighted by Gasteiger charge is -2.00. The van der Waals surface area contributed by atoms with Crippen LogP contribution in [0, 0.1) is 0 Å². The van der Waals surface area contributed by atoms with E-state index in [0.29, 0.717) is 30.2 Å². The molecular formula is C10H14N4O3. The van der Waals surface area contributed by atoms with E-state index in [4.69, 9.17) is 4.74 Å². The van der Waals surface area contributed by atoms with E-state index < -0.39 is 5.69 Å². The Balaban J connectivity index is 2.69. The Morgan fingerprint density at radius 2 is 2.00 bits per heavy atom. The molecule has 0 aliphatic carbocycles. The Labute approximate surface area is 96.7 Å². The van der Waals surface area contributed by atoms with Crippen molar-refractivity contribution in [3.8, 4) is 0 Å². The number of fused-ring (bicyclic) bond motifs is 1. The number of ether oxygens (including phenoxy) is 1. The monoisotopic (exact) mass is 238 g/mol. The van der Waals surface area contributed by atoms with Gasteiger partial charge in [0.1, 0.15) is 17.9 Å². The molecule has 0 aliphatic heterocycles. The van der Waals surface area contributed by atoms with E-state index in [1.807, 2.05) is 6.92 Å². The van der Waals surface area contributed by atoms with Crippen LogP contribution in [0.2, 0.25) is 0 Å². The maximum Gasteiger partial charge on any atom is 0.332 e. The first kappa shape index (κ1) is 11.6. The number of H-pyrrole nitrogens is 1. The summed E-state index contributed by atoms with van der Waals surface area (Å²) in [4.78, 5) is 30.6. The number of hydrogen-bond acceptors (Lipinski definition) is 4. The summed E-state index contributed by atoms with van der Waals surface area (Å²) in [6, 6.07) is 0. The number of imidazole rings is 1. The van der Waals surface area contributed by atoms with Gasteiger partial charge in [0.05, 0.1) is 0 Å². The highest BCUT2D eigenvalue weighted by atomic mass is 16.5. The average Bonchev–Trinajstić information content (AvgIpc) is 2.75. The van der Waals surface area contributed by atoms with Gasteiger partial charge in [-0.05, 0) is 6.92 Å². The molecule has 2 aromatic rings. The van der Waals surface area contributed by atoms with Crippen LogP contribution in [0.3, 0.4) is 0 Å². The van der Waals surface area contributed by atoms with Crippen LogP contribution >= 0.6 is 0 Å². The molecule has 0 fully saturated rings. The molecule has 2 heterocycles. The van der Waals surface area contributed by atoms with Crippen LogP contribution in [0.4, 0.5) is 0 Å². The number of hydrogen-bond donors (Lipinski definition) is 1. The zero-order valence-electron chi connectivity index (χ0n) is 9.98. The van der Waals surface area contributed by atoms with Crippen LogP contribution < -0.4 is 11.2 Å². The second-order valence-electron chi connectivity index (χ2n) is 3.73. The highest BCUT2D eigenvalue weighted by Crippen LogP contribution is 2.04. The standard InChI is InChI=1S/C10H14N4O3/c1-4-17-5-6-11-7-8(12-6)13(2)10(16)14(3)9(7)15/h4-5H2,1-3H3,(H,11,12). The summed E-state index contributed by atoms with van der Waals surface area (Å²) in [5.74, 6) is 0.542. The van der Waals surface area contributed by atoms with Crippen molar-refractivity contribution in [2.24, 2.45) is 14.1 Å². The quantitative estimate of drug-likeness (QED) is 0.781. The Hall–Kier alpha value is -1.89. The van der Waals surface area contributed by atoms with Crippen molar-refractivity contribution in [3.05, 3.63) is 26.7 Å². The number of rotatable bonds is 3. The van der Waals surface area contributed by atoms with Crippen molar-refractivity contribution < 1.29 is 4.74 Å². The Kier molecular flexibility index (Phi) is 2.84. The van der Waals surface area contributed by atoms with Gasteiger partial charge >= 0.3 is 5.69 Å². The van der Waals surface area contributed by atoms with Crippen LogP contribution in [0.5, 0.6) is 0 Å². The predicted molar refractivity (Wildman–Crippen MR) is 61.9 cm³/mol. The van der Waals surface area contributed by atoms with E-state index in [2.05, 4.69) is 9.97 Å². The van der Waals surface area contributed by atoms with Crippen molar-refractivity contribution in [3.63, 3.8) is 0 Å². The normalized spacial score (nSPS) is 11.2. The highest BCUT2D eigenvalue weighted by molar-refractivity contribution is 5.69. The van der Waals surface area contributed by atoms with Crippen LogP contribution in [0.15, 0.2) is 9.59 Å². The van der Waals surface area contributed by atoms with Crippen molar-refractivity contribution >= 4 is 11.2 Å². The molecule has 0 amide bonds. The summed E-state index contributed by atoms with van der Waals surface area (Å²) in [5.41, 5.74) is -0.0904. The van der Waals surface area contributed by atoms with Gasteiger partial charge in [0, 0.05) is 20.7 Å². The maximum atomic E-state index is 11.8. The van der Waals surface area contributed by atoms with Crippen LogP contribution in [-0.4, -0.2) is 25.7 Å². The fourth-order valence-electron chi connectivity index (χ4n) is 1.64. The van der Waals surface area contributed by atoms with E-state index in [0.717, 1.165) is 4.57 Å². The Morgan fingerprint density at radius 1 is 1.29 bits per heavy atom. The number of aromatic amines is 1. The zero-order valence-corrected chi connectivity index (χ0v) is 9.98. The molecule has 0 unspecified atom stereocenters. The van der Waals surface area contributed by atoms with Crippen molar-refractivity contribution in [1.29, 1.82) is 0 Å². The first-order chi connectivity index (χ1) is 8.06. The van der Waals surface area contributed by atoms with Gasteiger partial charge in [0.2, 0.25) is 0 Å². The van der Waals surface area contributed by atoms with Gasteiger partial charge in [0.15, 0.2) is 5.65 Å². The van der Waals surface area contributed by atoms with Gasteiger partial charge in [-0.25, -0.2) is 9.78 Å². The van der Waals surface area contributed by atoms with Gasteiger partial charge in [-0.3, -0.25) is 13.9 Å². The summed E-state index contributed by atoms with van der Waals surface area (Å²) in [6.45, 7) is 2.73. The second kappa shape index (κ2) is 4.17. The van der Waals surface area contributed by atoms with Crippen LogP contribution in [-0.2, 0) is 25.4 Å². The van der Waals surface area contributed by atoms with Crippen molar-refractivity contribution in [2.75, 3.05) is 6.61 Å². The molecule has 7 nitrogen and oxygen atoms in total. The minimum absolute atomic E-state index is 0.294. The molecule has 0 saturated carbocycles.